The van der Waals surface area contributed by atoms with Crippen molar-refractivity contribution in [2.45, 2.75) is 56.8 Å². The van der Waals surface area contributed by atoms with Gasteiger partial charge in [0.05, 0.1) is 31.4 Å². The standard InChI is InChI=1S/C36H36F2N6O3/c1-3-23-25(37)9-7-21-5-4-6-24(27(21)23)30-29(38)31-28-33(44-17-22-8-10-26(39-22)32(44)20(2)47-34(28)40-30)42-35(41-31)46-19-36(11-12-36)18-43-13-15-45-16-14-43/h1,4-7,9,20,22,26,32,39H,8,10-19H2,2H3. The van der Waals surface area contributed by atoms with E-state index in [0.717, 1.165) is 58.5 Å². The normalized spacial score (nSPS) is 26.0. The number of pyridine rings is 1. The van der Waals surface area contributed by atoms with E-state index in [-0.39, 0.29) is 52.3 Å². The van der Waals surface area contributed by atoms with Crippen LogP contribution in [0.1, 0.15) is 38.2 Å². The number of rotatable bonds is 6. The first-order valence-corrected chi connectivity index (χ1v) is 16.6. The van der Waals surface area contributed by atoms with Gasteiger partial charge >= 0.3 is 6.01 Å². The molecule has 6 heterocycles. The minimum atomic E-state index is -0.653. The fraction of sp³-hybridized carbons (Fsp3) is 0.472. The van der Waals surface area contributed by atoms with Gasteiger partial charge in [-0.1, -0.05) is 30.2 Å². The first kappa shape index (κ1) is 29.1. The molecule has 2 bridgehead atoms. The summed E-state index contributed by atoms with van der Waals surface area (Å²) in [6, 6.07) is 8.87. The third-order valence-corrected chi connectivity index (χ3v) is 10.7. The van der Waals surface area contributed by atoms with Crippen LogP contribution >= 0.6 is 0 Å². The highest BCUT2D eigenvalue weighted by Crippen LogP contribution is 2.48. The summed E-state index contributed by atoms with van der Waals surface area (Å²) in [6.45, 7) is 7.40. The highest BCUT2D eigenvalue weighted by molar-refractivity contribution is 6.03. The third-order valence-electron chi connectivity index (χ3n) is 10.7. The number of ether oxygens (including phenoxy) is 3. The van der Waals surface area contributed by atoms with Crippen LogP contribution in [0, 0.1) is 29.4 Å². The molecule has 0 radical (unpaired) electrons. The molecule has 0 amide bonds. The van der Waals surface area contributed by atoms with Crippen molar-refractivity contribution in [3.63, 3.8) is 0 Å². The van der Waals surface area contributed by atoms with E-state index in [9.17, 15) is 4.39 Å². The van der Waals surface area contributed by atoms with Crippen LogP contribution in [0.25, 0.3) is 32.9 Å². The van der Waals surface area contributed by atoms with Crippen LogP contribution in [0.4, 0.5) is 14.6 Å². The largest absolute Gasteiger partial charge is 0.472 e. The predicted octanol–water partition coefficient (Wildman–Crippen LogP) is 4.69. The highest BCUT2D eigenvalue weighted by atomic mass is 19.1. The van der Waals surface area contributed by atoms with E-state index in [1.807, 2.05) is 13.0 Å². The Bertz CT molecular complexity index is 1960. The lowest BCUT2D eigenvalue weighted by atomic mass is 9.96. The number of fused-ring (bicyclic) bond motifs is 6. The van der Waals surface area contributed by atoms with E-state index in [1.165, 1.54) is 6.07 Å². The minimum absolute atomic E-state index is 0.00602. The molecule has 242 valence electrons. The van der Waals surface area contributed by atoms with Crippen LogP contribution in [-0.2, 0) is 4.74 Å². The van der Waals surface area contributed by atoms with Crippen molar-refractivity contribution in [1.82, 2.24) is 25.2 Å². The number of piperazine rings is 1. The van der Waals surface area contributed by atoms with E-state index < -0.39 is 11.6 Å². The molecule has 4 aromatic rings. The van der Waals surface area contributed by atoms with Crippen molar-refractivity contribution >= 4 is 27.5 Å². The summed E-state index contributed by atoms with van der Waals surface area (Å²) in [5.41, 5.74) is 0.505. The lowest BCUT2D eigenvalue weighted by Gasteiger charge is -2.42. The number of hydrogen-bond acceptors (Lipinski definition) is 9. The monoisotopic (exact) mass is 638 g/mol. The van der Waals surface area contributed by atoms with Gasteiger partial charge in [0.2, 0.25) is 5.88 Å². The van der Waals surface area contributed by atoms with Crippen LogP contribution in [-0.4, -0.2) is 90.1 Å². The first-order chi connectivity index (χ1) is 22.9. The molecular formula is C36H36F2N6O3. The Labute approximate surface area is 271 Å². The molecule has 4 unspecified atom stereocenters. The third kappa shape index (κ3) is 4.80. The molecule has 3 saturated heterocycles. The topological polar surface area (TPSA) is 84.9 Å². The van der Waals surface area contributed by atoms with Crippen molar-refractivity contribution in [3.05, 3.63) is 47.5 Å². The summed E-state index contributed by atoms with van der Waals surface area (Å²) in [6.07, 6.45) is 9.68. The van der Waals surface area contributed by atoms with Crippen molar-refractivity contribution < 1.29 is 23.0 Å². The Hall–Kier alpha value is -4.11. The van der Waals surface area contributed by atoms with Gasteiger partial charge in [0.25, 0.3) is 0 Å². The number of anilines is 1. The number of terminal acetylenes is 1. The first-order valence-electron chi connectivity index (χ1n) is 16.6. The maximum atomic E-state index is 17.1. The number of nitrogens with one attached hydrogen (secondary N) is 1. The highest BCUT2D eigenvalue weighted by Gasteiger charge is 2.48. The summed E-state index contributed by atoms with van der Waals surface area (Å²) >= 11 is 0. The van der Waals surface area contributed by atoms with E-state index in [2.05, 4.69) is 21.0 Å². The zero-order valence-corrected chi connectivity index (χ0v) is 26.3. The number of nitrogens with zero attached hydrogens (tertiary/aromatic N) is 5. The number of hydrogen-bond donors (Lipinski definition) is 1. The number of aromatic nitrogens is 3. The van der Waals surface area contributed by atoms with Crippen LogP contribution in [0.15, 0.2) is 30.3 Å². The van der Waals surface area contributed by atoms with Crippen LogP contribution < -0.4 is 19.7 Å². The van der Waals surface area contributed by atoms with Gasteiger partial charge < -0.3 is 24.4 Å². The summed E-state index contributed by atoms with van der Waals surface area (Å²) in [5.74, 6) is 2.09. The van der Waals surface area contributed by atoms with Crippen molar-refractivity contribution in [2.75, 3.05) is 50.9 Å². The summed E-state index contributed by atoms with van der Waals surface area (Å²) in [7, 11) is 0. The molecule has 9 rings (SSSR count). The van der Waals surface area contributed by atoms with Crippen molar-refractivity contribution in [2.24, 2.45) is 5.41 Å². The average molecular weight is 639 g/mol. The van der Waals surface area contributed by atoms with Crippen LogP contribution in [0.2, 0.25) is 0 Å². The maximum absolute atomic E-state index is 17.1. The maximum Gasteiger partial charge on any atom is 0.319 e. The van der Waals surface area contributed by atoms with E-state index >= 15 is 4.39 Å². The number of halogens is 2. The van der Waals surface area contributed by atoms with Gasteiger partial charge in [-0.05, 0) is 44.1 Å². The Morgan fingerprint density at radius 2 is 1.94 bits per heavy atom. The zero-order chi connectivity index (χ0) is 31.9. The fourth-order valence-electron chi connectivity index (χ4n) is 8.20. The molecule has 1 N–H and O–H groups in total. The lowest BCUT2D eigenvalue weighted by Crippen LogP contribution is -2.62. The smallest absolute Gasteiger partial charge is 0.319 e. The summed E-state index contributed by atoms with van der Waals surface area (Å²) in [4.78, 5) is 19.2. The van der Waals surface area contributed by atoms with E-state index in [0.29, 0.717) is 46.7 Å². The quantitative estimate of drug-likeness (QED) is 0.303. The molecule has 4 aliphatic heterocycles. The average Bonchev–Trinajstić information content (AvgIpc) is 3.78. The van der Waals surface area contributed by atoms with Gasteiger partial charge in [0, 0.05) is 54.6 Å². The van der Waals surface area contributed by atoms with Gasteiger partial charge in [-0.25, -0.2) is 13.8 Å². The molecule has 1 aliphatic carbocycles. The summed E-state index contributed by atoms with van der Waals surface area (Å²) in [5, 5.41) is 5.26. The Balaban J connectivity index is 1.20. The molecule has 11 heteroatoms. The molecular weight excluding hydrogens is 602 g/mol. The Morgan fingerprint density at radius 1 is 1.09 bits per heavy atom. The fourth-order valence-corrected chi connectivity index (χ4v) is 8.20. The minimum Gasteiger partial charge on any atom is -0.472 e. The van der Waals surface area contributed by atoms with Crippen LogP contribution in [0.3, 0.4) is 0 Å². The molecule has 4 fully saturated rings. The van der Waals surface area contributed by atoms with E-state index in [4.69, 9.17) is 35.6 Å². The second-order valence-corrected chi connectivity index (χ2v) is 13.8. The van der Waals surface area contributed by atoms with Crippen molar-refractivity contribution in [3.8, 4) is 35.5 Å². The Morgan fingerprint density at radius 3 is 2.74 bits per heavy atom. The molecule has 0 spiro atoms. The SMILES string of the molecule is C#Cc1c(F)ccc2cccc(-c3nc4c5c(nc(OCC6(CN7CCOCC7)CC6)nc5c3F)N3CC5CCC(N5)C3C(C)O4)c12. The second kappa shape index (κ2) is 11.0. The van der Waals surface area contributed by atoms with Gasteiger partial charge in [-0.2, -0.15) is 9.97 Å². The van der Waals surface area contributed by atoms with Gasteiger partial charge in [0.1, 0.15) is 34.3 Å². The van der Waals surface area contributed by atoms with Gasteiger partial charge in [-0.3, -0.25) is 4.90 Å². The molecule has 47 heavy (non-hydrogen) atoms. The zero-order valence-electron chi connectivity index (χ0n) is 26.3. The molecule has 9 nitrogen and oxygen atoms in total. The molecule has 2 aromatic carbocycles. The van der Waals surface area contributed by atoms with Gasteiger partial charge in [0.15, 0.2) is 5.82 Å². The predicted molar refractivity (Wildman–Crippen MR) is 174 cm³/mol. The molecule has 5 aliphatic rings. The van der Waals surface area contributed by atoms with Crippen molar-refractivity contribution in [1.29, 1.82) is 0 Å². The summed E-state index contributed by atoms with van der Waals surface area (Å²) < 4.78 is 50.6. The second-order valence-electron chi connectivity index (χ2n) is 13.8. The number of benzene rings is 2. The van der Waals surface area contributed by atoms with Crippen LogP contribution in [0.5, 0.6) is 11.9 Å². The molecule has 4 atom stereocenters. The number of morpholine rings is 1. The van der Waals surface area contributed by atoms with E-state index in [1.54, 1.807) is 18.2 Å². The Kier molecular flexibility index (Phi) is 6.79. The molecule has 1 saturated carbocycles. The van der Waals surface area contributed by atoms with Gasteiger partial charge in [-0.15, -0.1) is 6.42 Å². The molecule has 2 aromatic heterocycles. The lowest BCUT2D eigenvalue weighted by molar-refractivity contribution is 0.0231.